The smallest absolute Gasteiger partial charge is 0.316 e. The molecule has 5 heteroatoms. The van der Waals surface area contributed by atoms with Crippen LogP contribution in [-0.4, -0.2) is 43.7 Å². The molecule has 1 aromatic rings. The summed E-state index contributed by atoms with van der Waals surface area (Å²) in [4.78, 5) is 13.2. The van der Waals surface area contributed by atoms with Crippen molar-refractivity contribution in [2.45, 2.75) is 57.0 Å². The molecule has 0 N–H and O–H groups in total. The third-order valence-corrected chi connectivity index (χ3v) is 6.41. The van der Waals surface area contributed by atoms with Gasteiger partial charge in [-0.15, -0.1) is 0 Å². The maximum absolute atomic E-state index is 13.8. The Morgan fingerprint density at radius 2 is 1.77 bits per heavy atom. The van der Waals surface area contributed by atoms with Gasteiger partial charge in [-0.2, -0.15) is 0 Å². The number of quaternary nitrogens is 1. The zero-order chi connectivity index (χ0) is 18.1. The number of carbonyl (C=O) groups excluding carboxylic acids is 1. The summed E-state index contributed by atoms with van der Waals surface area (Å²) in [6.07, 6.45) is 6.10. The molecular weight excluding hydrogens is 444 g/mol. The van der Waals surface area contributed by atoms with Crippen molar-refractivity contribution in [2.75, 3.05) is 27.2 Å². The number of piperidine rings is 1. The van der Waals surface area contributed by atoms with Crippen molar-refractivity contribution in [3.63, 3.8) is 0 Å². The average molecular weight is 475 g/mol. The van der Waals surface area contributed by atoms with Gasteiger partial charge in [0.15, 0.2) is 0 Å². The van der Waals surface area contributed by atoms with Crippen molar-refractivity contribution < 1.29 is 42.4 Å². The van der Waals surface area contributed by atoms with Crippen LogP contribution in [0.4, 0.5) is 4.39 Å². The fourth-order valence-electron chi connectivity index (χ4n) is 4.47. The molecule has 0 bridgehead atoms. The highest BCUT2D eigenvalue weighted by Crippen LogP contribution is 2.43. The molecule has 1 heterocycles. The van der Waals surface area contributed by atoms with Crippen LogP contribution in [0.15, 0.2) is 24.3 Å². The molecule has 2 fully saturated rings. The highest BCUT2D eigenvalue weighted by atomic mass is 127. The second kappa shape index (κ2) is 8.55. The van der Waals surface area contributed by atoms with Gasteiger partial charge < -0.3 is 33.2 Å². The van der Waals surface area contributed by atoms with Crippen LogP contribution in [0.1, 0.15) is 51.0 Å². The Bertz CT molecular complexity index is 620. The molecule has 26 heavy (non-hydrogen) atoms. The maximum Gasteiger partial charge on any atom is 0.316 e. The molecule has 1 aliphatic heterocycles. The Morgan fingerprint density at radius 3 is 2.35 bits per heavy atom. The van der Waals surface area contributed by atoms with E-state index in [-0.39, 0.29) is 47.8 Å². The number of hydrogen-bond acceptors (Lipinski definition) is 2. The summed E-state index contributed by atoms with van der Waals surface area (Å²) in [7, 11) is 4.43. The largest absolute Gasteiger partial charge is 1.00 e. The maximum atomic E-state index is 13.8. The number of carbonyl (C=O) groups is 1. The normalized spacial score (nSPS) is 23.1. The molecule has 0 spiro atoms. The number of benzene rings is 1. The highest BCUT2D eigenvalue weighted by Gasteiger charge is 2.46. The van der Waals surface area contributed by atoms with Crippen molar-refractivity contribution in [2.24, 2.45) is 5.92 Å². The molecule has 1 unspecified atom stereocenters. The van der Waals surface area contributed by atoms with Crippen molar-refractivity contribution in [1.82, 2.24) is 0 Å². The Balaban J connectivity index is 0.00000243. The number of halogens is 2. The van der Waals surface area contributed by atoms with Crippen LogP contribution in [0.5, 0.6) is 0 Å². The van der Waals surface area contributed by atoms with Gasteiger partial charge in [0.05, 0.1) is 32.6 Å². The molecule has 2 aliphatic rings. The minimum absolute atomic E-state index is 0. The molecule has 0 radical (unpaired) electrons. The van der Waals surface area contributed by atoms with E-state index < -0.39 is 5.41 Å². The summed E-state index contributed by atoms with van der Waals surface area (Å²) in [5.41, 5.74) is 0.0109. The molecule has 1 saturated carbocycles. The SMILES string of the molecule is CC(C(=O)OC1CC[N+](C)(C)CC1)(c1cccc(F)c1)C1CCCC1.[I-]. The van der Waals surface area contributed by atoms with Gasteiger partial charge in [-0.25, -0.2) is 4.39 Å². The summed E-state index contributed by atoms with van der Waals surface area (Å²) < 4.78 is 20.8. The standard InChI is InChI=1S/C21H31FNO2.HI/c1-21(16-7-4-5-8-16,17-9-6-10-18(22)15-17)20(24)25-19-11-13-23(2,3)14-12-19;/h6,9-10,15-16,19H,4-5,7-8,11-14H2,1-3H3;1H/q+1;/p-1. The lowest BCUT2D eigenvalue weighted by molar-refractivity contribution is -0.896. The fourth-order valence-corrected chi connectivity index (χ4v) is 4.47. The van der Waals surface area contributed by atoms with E-state index in [1.807, 2.05) is 13.0 Å². The molecule has 1 atom stereocenters. The van der Waals surface area contributed by atoms with Crippen LogP contribution in [0.3, 0.4) is 0 Å². The van der Waals surface area contributed by atoms with Gasteiger partial charge in [0.25, 0.3) is 0 Å². The van der Waals surface area contributed by atoms with E-state index >= 15 is 0 Å². The molecule has 3 nitrogen and oxygen atoms in total. The van der Waals surface area contributed by atoms with E-state index in [9.17, 15) is 9.18 Å². The van der Waals surface area contributed by atoms with E-state index in [1.54, 1.807) is 6.07 Å². The number of likely N-dealkylation sites (tertiary alicyclic amines) is 1. The van der Waals surface area contributed by atoms with Crippen LogP contribution in [-0.2, 0) is 14.9 Å². The van der Waals surface area contributed by atoms with Gasteiger partial charge in [-0.05, 0) is 43.4 Å². The summed E-state index contributed by atoms with van der Waals surface area (Å²) >= 11 is 0. The summed E-state index contributed by atoms with van der Waals surface area (Å²) in [6, 6.07) is 6.53. The zero-order valence-electron chi connectivity index (χ0n) is 16.1. The lowest BCUT2D eigenvalue weighted by Gasteiger charge is -2.39. The van der Waals surface area contributed by atoms with E-state index in [1.165, 1.54) is 12.1 Å². The van der Waals surface area contributed by atoms with E-state index in [0.717, 1.165) is 61.7 Å². The molecule has 1 aromatic carbocycles. The third kappa shape index (κ3) is 4.58. The van der Waals surface area contributed by atoms with Crippen LogP contribution in [0.2, 0.25) is 0 Å². The highest BCUT2D eigenvalue weighted by molar-refractivity contribution is 5.83. The molecule has 1 saturated heterocycles. The van der Waals surface area contributed by atoms with Crippen molar-refractivity contribution in [3.8, 4) is 0 Å². The Kier molecular flexibility index (Phi) is 7.10. The Labute approximate surface area is 173 Å². The second-order valence-corrected chi connectivity index (χ2v) is 8.68. The first-order chi connectivity index (χ1) is 11.8. The quantitative estimate of drug-likeness (QED) is 0.370. The van der Waals surface area contributed by atoms with Gasteiger partial charge in [0.1, 0.15) is 11.9 Å². The zero-order valence-corrected chi connectivity index (χ0v) is 18.3. The van der Waals surface area contributed by atoms with Crippen LogP contribution in [0.25, 0.3) is 0 Å². The third-order valence-electron chi connectivity index (χ3n) is 6.41. The predicted octanol–water partition coefficient (Wildman–Crippen LogP) is 1.06. The topological polar surface area (TPSA) is 26.3 Å². The van der Waals surface area contributed by atoms with E-state index in [2.05, 4.69) is 14.1 Å². The van der Waals surface area contributed by atoms with Crippen molar-refractivity contribution >= 4 is 5.97 Å². The van der Waals surface area contributed by atoms with Crippen LogP contribution < -0.4 is 24.0 Å². The molecule has 0 amide bonds. The number of esters is 1. The molecule has 0 aromatic heterocycles. The Morgan fingerprint density at radius 1 is 1.15 bits per heavy atom. The molecule has 3 rings (SSSR count). The van der Waals surface area contributed by atoms with Crippen LogP contribution >= 0.6 is 0 Å². The molecule has 1 aliphatic carbocycles. The number of rotatable bonds is 4. The van der Waals surface area contributed by atoms with Gasteiger partial charge >= 0.3 is 5.97 Å². The number of hydrogen-bond donors (Lipinski definition) is 0. The van der Waals surface area contributed by atoms with Gasteiger partial charge in [0.2, 0.25) is 0 Å². The van der Waals surface area contributed by atoms with Crippen LogP contribution in [0, 0.1) is 11.7 Å². The first-order valence-corrected chi connectivity index (χ1v) is 9.60. The van der Waals surface area contributed by atoms with Gasteiger partial charge in [0, 0.05) is 12.8 Å². The van der Waals surface area contributed by atoms with E-state index in [4.69, 9.17) is 4.74 Å². The number of ether oxygens (including phenoxy) is 1. The predicted molar refractivity (Wildman–Crippen MR) is 96.7 cm³/mol. The summed E-state index contributed by atoms with van der Waals surface area (Å²) in [5, 5.41) is 0. The minimum Gasteiger partial charge on any atom is -1.00 e. The van der Waals surface area contributed by atoms with Crippen molar-refractivity contribution in [1.29, 1.82) is 0 Å². The van der Waals surface area contributed by atoms with Crippen molar-refractivity contribution in [3.05, 3.63) is 35.6 Å². The average Bonchev–Trinajstić information content (AvgIpc) is 3.11. The molecular formula is C21H31FINO2. The lowest BCUT2D eigenvalue weighted by atomic mass is 9.70. The monoisotopic (exact) mass is 475 g/mol. The summed E-state index contributed by atoms with van der Waals surface area (Å²) in [6.45, 7) is 4.01. The minimum atomic E-state index is -0.750. The lowest BCUT2D eigenvalue weighted by Crippen LogP contribution is -3.00. The summed E-state index contributed by atoms with van der Waals surface area (Å²) in [5.74, 6) is -0.217. The fraction of sp³-hybridized carbons (Fsp3) is 0.667. The first kappa shape index (κ1) is 21.6. The van der Waals surface area contributed by atoms with Gasteiger partial charge in [-0.3, -0.25) is 4.79 Å². The second-order valence-electron chi connectivity index (χ2n) is 8.68. The first-order valence-electron chi connectivity index (χ1n) is 9.60. The van der Waals surface area contributed by atoms with E-state index in [0.29, 0.717) is 0 Å². The van der Waals surface area contributed by atoms with Gasteiger partial charge in [-0.1, -0.05) is 25.0 Å². The Hall–Kier alpha value is -0.690. The molecule has 146 valence electrons. The number of nitrogens with zero attached hydrogens (tertiary/aromatic N) is 1.